The zero-order valence-electron chi connectivity index (χ0n) is 31.8. The Morgan fingerprint density at radius 3 is 1.47 bits per heavy atom. The molecule has 0 aromatic heterocycles. The van der Waals surface area contributed by atoms with Crippen molar-refractivity contribution in [2.24, 2.45) is 11.3 Å². The minimum absolute atomic E-state index is 0.0462. The van der Waals surface area contributed by atoms with Crippen LogP contribution in [0.1, 0.15) is 178 Å². The van der Waals surface area contributed by atoms with Crippen LogP contribution in [-0.4, -0.2) is 57.5 Å². The molecule has 45 heavy (non-hydrogen) atoms. The lowest BCUT2D eigenvalue weighted by atomic mass is 9.98. The van der Waals surface area contributed by atoms with Gasteiger partial charge in [-0.1, -0.05) is 127 Å². The molecule has 0 aliphatic heterocycles. The van der Waals surface area contributed by atoms with Gasteiger partial charge in [-0.25, -0.2) is 9.78 Å². The highest BCUT2D eigenvalue weighted by atomic mass is 17.2. The predicted octanol–water partition coefficient (Wildman–Crippen LogP) is 11.2. The Kier molecular flexibility index (Phi) is 27.5. The SMILES string of the molecule is CCCCCCOOC(CCC(OCCCCC)(OCCC(C)C)OCC(C)(C)C)C(C)(OCCCCC)OCCCCCC. The summed E-state index contributed by atoms with van der Waals surface area (Å²) in [5, 5.41) is 0. The summed E-state index contributed by atoms with van der Waals surface area (Å²) < 4.78 is 32.8. The first-order chi connectivity index (χ1) is 21.5. The van der Waals surface area contributed by atoms with Gasteiger partial charge in [-0.05, 0) is 56.8 Å². The Morgan fingerprint density at radius 2 is 0.956 bits per heavy atom. The first kappa shape index (κ1) is 44.7. The van der Waals surface area contributed by atoms with Crippen molar-refractivity contribution in [1.29, 1.82) is 0 Å². The molecule has 7 nitrogen and oxygen atoms in total. The smallest absolute Gasteiger partial charge is 0.282 e. The van der Waals surface area contributed by atoms with Gasteiger partial charge in [0.25, 0.3) is 5.97 Å². The van der Waals surface area contributed by atoms with Crippen molar-refractivity contribution < 1.29 is 33.5 Å². The van der Waals surface area contributed by atoms with Crippen molar-refractivity contribution >= 4 is 0 Å². The van der Waals surface area contributed by atoms with Crippen molar-refractivity contribution in [3.63, 3.8) is 0 Å². The maximum Gasteiger partial charge on any atom is 0.282 e. The summed E-state index contributed by atoms with van der Waals surface area (Å²) in [6.07, 6.45) is 16.9. The van der Waals surface area contributed by atoms with Gasteiger partial charge in [0, 0.05) is 6.42 Å². The molecule has 3 atom stereocenters. The maximum absolute atomic E-state index is 6.61. The summed E-state index contributed by atoms with van der Waals surface area (Å²) in [5.74, 6) is -1.63. The van der Waals surface area contributed by atoms with E-state index in [4.69, 9.17) is 33.5 Å². The van der Waals surface area contributed by atoms with E-state index in [0.717, 1.165) is 70.6 Å². The first-order valence-corrected chi connectivity index (χ1v) is 19.0. The summed E-state index contributed by atoms with van der Waals surface area (Å²) in [6, 6.07) is 0. The van der Waals surface area contributed by atoms with Crippen molar-refractivity contribution in [2.75, 3.05) is 39.6 Å². The summed E-state index contributed by atoms with van der Waals surface area (Å²) in [7, 11) is 0. The molecule has 0 aliphatic rings. The molecule has 7 heteroatoms. The van der Waals surface area contributed by atoms with Crippen LogP contribution in [-0.2, 0) is 33.5 Å². The maximum atomic E-state index is 6.61. The van der Waals surface area contributed by atoms with Crippen LogP contribution in [0.4, 0.5) is 0 Å². The topological polar surface area (TPSA) is 64.6 Å². The van der Waals surface area contributed by atoms with E-state index < -0.39 is 17.9 Å². The van der Waals surface area contributed by atoms with Crippen molar-refractivity contribution in [1.82, 2.24) is 0 Å². The fourth-order valence-corrected chi connectivity index (χ4v) is 4.78. The third kappa shape index (κ3) is 24.5. The second-order valence-corrected chi connectivity index (χ2v) is 14.6. The number of hydrogen-bond donors (Lipinski definition) is 0. The van der Waals surface area contributed by atoms with E-state index >= 15 is 0 Å². The van der Waals surface area contributed by atoms with Gasteiger partial charge in [-0.15, -0.1) is 0 Å². The van der Waals surface area contributed by atoms with Gasteiger partial charge in [-0.2, -0.15) is 0 Å². The summed E-state index contributed by atoms with van der Waals surface area (Å²) in [5.41, 5.74) is -0.0462. The summed E-state index contributed by atoms with van der Waals surface area (Å²) in [4.78, 5) is 12.1. The molecule has 3 unspecified atom stereocenters. The van der Waals surface area contributed by atoms with Gasteiger partial charge in [0.1, 0.15) is 6.10 Å². The van der Waals surface area contributed by atoms with E-state index in [1.165, 1.54) is 25.7 Å². The summed E-state index contributed by atoms with van der Waals surface area (Å²) in [6.45, 7) is 25.3. The van der Waals surface area contributed by atoms with Crippen LogP contribution in [0.25, 0.3) is 0 Å². The summed E-state index contributed by atoms with van der Waals surface area (Å²) >= 11 is 0. The van der Waals surface area contributed by atoms with E-state index in [-0.39, 0.29) is 5.41 Å². The lowest BCUT2D eigenvalue weighted by molar-refractivity contribution is -0.412. The Labute approximate surface area is 280 Å². The molecule has 0 aromatic rings. The standard InChI is InChI=1S/C38H78O7/c1-11-15-19-23-29-40-37(10,39-28-21-17-13-3)35(45-44-31-24-20-16-12-2)25-27-38(41-30-22-18-14-4,42-32-26-34(5)6)43-33-36(7,8)9/h34-35H,11-33H2,1-10H3. The molecule has 0 aromatic carbocycles. The molecule has 0 fully saturated rings. The lowest BCUT2D eigenvalue weighted by Gasteiger charge is -2.40. The van der Waals surface area contributed by atoms with E-state index in [0.29, 0.717) is 58.4 Å². The van der Waals surface area contributed by atoms with E-state index in [2.05, 4.69) is 62.3 Å². The minimum atomic E-state index is -1.18. The third-order valence-electron chi connectivity index (χ3n) is 7.90. The van der Waals surface area contributed by atoms with Crippen molar-refractivity contribution in [3.05, 3.63) is 0 Å². The molecule has 0 saturated carbocycles. The van der Waals surface area contributed by atoms with Gasteiger partial charge >= 0.3 is 0 Å². The zero-order valence-corrected chi connectivity index (χ0v) is 31.8. The highest BCUT2D eigenvalue weighted by molar-refractivity contribution is 4.79. The molecular weight excluding hydrogens is 568 g/mol. The van der Waals surface area contributed by atoms with Crippen LogP contribution in [0.15, 0.2) is 0 Å². The number of unbranched alkanes of at least 4 members (excludes halogenated alkanes) is 10. The van der Waals surface area contributed by atoms with Gasteiger partial charge < -0.3 is 23.7 Å². The first-order valence-electron chi connectivity index (χ1n) is 19.0. The van der Waals surface area contributed by atoms with Crippen molar-refractivity contribution in [3.8, 4) is 0 Å². The highest BCUT2D eigenvalue weighted by Crippen LogP contribution is 2.33. The monoisotopic (exact) mass is 647 g/mol. The molecule has 272 valence electrons. The minimum Gasteiger partial charge on any atom is -0.348 e. The largest absolute Gasteiger partial charge is 0.348 e. The van der Waals surface area contributed by atoms with Crippen LogP contribution < -0.4 is 0 Å². The number of ether oxygens (including phenoxy) is 5. The van der Waals surface area contributed by atoms with Crippen LogP contribution in [0, 0.1) is 11.3 Å². The second kappa shape index (κ2) is 27.6. The molecule has 0 aliphatic carbocycles. The Morgan fingerprint density at radius 1 is 0.489 bits per heavy atom. The average Bonchev–Trinajstić information content (AvgIpc) is 2.99. The molecule has 0 rings (SSSR count). The predicted molar refractivity (Wildman–Crippen MR) is 187 cm³/mol. The van der Waals surface area contributed by atoms with Gasteiger partial charge in [-0.3, -0.25) is 0 Å². The molecule has 0 heterocycles. The van der Waals surface area contributed by atoms with Gasteiger partial charge in [0.05, 0.1) is 39.6 Å². The van der Waals surface area contributed by atoms with Crippen molar-refractivity contribution in [2.45, 2.75) is 196 Å². The Hall–Kier alpha value is -0.280. The Bertz CT molecular complexity index is 638. The molecule has 0 amide bonds. The van der Waals surface area contributed by atoms with E-state index in [9.17, 15) is 0 Å². The van der Waals surface area contributed by atoms with Crippen LogP contribution in [0.2, 0.25) is 0 Å². The van der Waals surface area contributed by atoms with Crippen LogP contribution >= 0.6 is 0 Å². The average molecular weight is 647 g/mol. The fraction of sp³-hybridized carbons (Fsp3) is 1.00. The lowest BCUT2D eigenvalue weighted by Crippen LogP contribution is -2.49. The quantitative estimate of drug-likeness (QED) is 0.0304. The van der Waals surface area contributed by atoms with E-state index in [1.54, 1.807) is 0 Å². The fourth-order valence-electron chi connectivity index (χ4n) is 4.78. The Balaban J connectivity index is 6.15. The molecular formula is C38H78O7. The number of rotatable bonds is 33. The van der Waals surface area contributed by atoms with Gasteiger partial charge in [0.15, 0.2) is 5.79 Å². The molecule has 0 N–H and O–H groups in total. The number of hydrogen-bond acceptors (Lipinski definition) is 7. The molecule has 0 spiro atoms. The normalized spacial score (nSPS) is 15.8. The molecule has 0 bridgehead atoms. The second-order valence-electron chi connectivity index (χ2n) is 14.6. The third-order valence-corrected chi connectivity index (χ3v) is 7.90. The van der Waals surface area contributed by atoms with Gasteiger partial charge in [0.2, 0.25) is 0 Å². The molecule has 0 saturated heterocycles. The zero-order chi connectivity index (χ0) is 33.9. The van der Waals surface area contributed by atoms with Crippen LogP contribution in [0.5, 0.6) is 0 Å². The molecule has 0 radical (unpaired) electrons. The van der Waals surface area contributed by atoms with Crippen LogP contribution in [0.3, 0.4) is 0 Å². The highest BCUT2D eigenvalue weighted by Gasteiger charge is 2.43. The van der Waals surface area contributed by atoms with E-state index in [1.807, 2.05) is 6.92 Å².